The van der Waals surface area contributed by atoms with Crippen LogP contribution in [0.25, 0.3) is 0 Å². The van der Waals surface area contributed by atoms with Crippen molar-refractivity contribution in [2.45, 2.75) is 13.8 Å². The van der Waals surface area contributed by atoms with Gasteiger partial charge in [-0.3, -0.25) is 0 Å². The van der Waals surface area contributed by atoms with Gasteiger partial charge >= 0.3 is 5.97 Å². The lowest BCUT2D eigenvalue weighted by atomic mass is 10.3. The molecule has 0 aliphatic carbocycles. The number of esters is 1. The highest BCUT2D eigenvalue weighted by molar-refractivity contribution is 6.25. The van der Waals surface area contributed by atoms with Crippen molar-refractivity contribution < 1.29 is 9.53 Å². The summed E-state index contributed by atoms with van der Waals surface area (Å²) >= 11 is 5.20. The zero-order chi connectivity index (χ0) is 8.69. The second kappa shape index (κ2) is 5.98. The van der Waals surface area contributed by atoms with E-state index in [0.29, 0.717) is 0 Å². The lowest BCUT2D eigenvalue weighted by molar-refractivity contribution is -0.136. The minimum atomic E-state index is -0.334. The minimum Gasteiger partial charge on any atom is -0.458 e. The van der Waals surface area contributed by atoms with Crippen molar-refractivity contribution in [3.8, 4) is 0 Å². The molecule has 0 aromatic carbocycles. The second-order valence-electron chi connectivity index (χ2n) is 2.21. The Balaban J connectivity index is 3.62. The Morgan fingerprint density at radius 3 is 2.64 bits per heavy atom. The molecule has 0 saturated heterocycles. The van der Waals surface area contributed by atoms with Crippen LogP contribution in [0.3, 0.4) is 0 Å². The standard InChI is InChI=1S/C8H11ClO2/c1-7(2)6-8(10)11-5-3-4-9/h3-4,6H,5H2,1-2H3/b4-3+. The van der Waals surface area contributed by atoms with Gasteiger partial charge in [0.2, 0.25) is 0 Å². The van der Waals surface area contributed by atoms with E-state index in [4.69, 9.17) is 16.3 Å². The predicted molar refractivity (Wildman–Crippen MR) is 45.4 cm³/mol. The molecule has 11 heavy (non-hydrogen) atoms. The van der Waals surface area contributed by atoms with Crippen LogP contribution in [0.5, 0.6) is 0 Å². The summed E-state index contributed by atoms with van der Waals surface area (Å²) < 4.78 is 4.71. The molecule has 0 bridgehead atoms. The second-order valence-corrected chi connectivity index (χ2v) is 2.47. The molecule has 2 nitrogen and oxygen atoms in total. The van der Waals surface area contributed by atoms with Gasteiger partial charge in [0.25, 0.3) is 0 Å². The number of ether oxygens (including phenoxy) is 1. The fourth-order valence-corrected chi connectivity index (χ4v) is 0.517. The number of rotatable bonds is 3. The predicted octanol–water partition coefficient (Wildman–Crippen LogP) is 2.25. The monoisotopic (exact) mass is 174 g/mol. The molecular weight excluding hydrogens is 164 g/mol. The van der Waals surface area contributed by atoms with Crippen molar-refractivity contribution in [2.75, 3.05) is 6.61 Å². The van der Waals surface area contributed by atoms with Crippen molar-refractivity contribution in [2.24, 2.45) is 0 Å². The molecule has 0 unspecified atom stereocenters. The van der Waals surface area contributed by atoms with Crippen LogP contribution in [0.4, 0.5) is 0 Å². The molecule has 0 spiro atoms. The van der Waals surface area contributed by atoms with E-state index in [1.54, 1.807) is 6.08 Å². The van der Waals surface area contributed by atoms with Gasteiger partial charge in [-0.1, -0.05) is 17.2 Å². The zero-order valence-electron chi connectivity index (χ0n) is 6.63. The maximum Gasteiger partial charge on any atom is 0.330 e. The molecule has 0 saturated carbocycles. The Kier molecular flexibility index (Phi) is 5.57. The van der Waals surface area contributed by atoms with Crippen LogP contribution < -0.4 is 0 Å². The van der Waals surface area contributed by atoms with Gasteiger partial charge in [-0.25, -0.2) is 4.79 Å². The van der Waals surface area contributed by atoms with Gasteiger partial charge < -0.3 is 4.74 Å². The maximum absolute atomic E-state index is 10.8. The van der Waals surface area contributed by atoms with Crippen LogP contribution in [0, 0.1) is 0 Å². The van der Waals surface area contributed by atoms with E-state index in [1.165, 1.54) is 11.6 Å². The molecule has 0 radical (unpaired) electrons. The molecule has 0 fully saturated rings. The van der Waals surface area contributed by atoms with Crippen LogP contribution in [0.2, 0.25) is 0 Å². The SMILES string of the molecule is CC(C)=CC(=O)OC/C=C/Cl. The minimum absolute atomic E-state index is 0.228. The molecule has 0 aromatic heterocycles. The first kappa shape index (κ1) is 10.2. The van der Waals surface area contributed by atoms with E-state index >= 15 is 0 Å². The Morgan fingerprint density at radius 1 is 1.55 bits per heavy atom. The van der Waals surface area contributed by atoms with E-state index in [0.717, 1.165) is 5.57 Å². The zero-order valence-corrected chi connectivity index (χ0v) is 7.39. The summed E-state index contributed by atoms with van der Waals surface area (Å²) in [5.41, 5.74) is 2.24. The molecular formula is C8H11ClO2. The van der Waals surface area contributed by atoms with Gasteiger partial charge in [-0.2, -0.15) is 0 Å². The van der Waals surface area contributed by atoms with E-state index < -0.39 is 0 Å². The Bertz CT molecular complexity index is 179. The van der Waals surface area contributed by atoms with E-state index in [9.17, 15) is 4.79 Å². The van der Waals surface area contributed by atoms with E-state index in [2.05, 4.69) is 0 Å². The molecule has 0 aromatic rings. The van der Waals surface area contributed by atoms with Crippen LogP contribution in [-0.4, -0.2) is 12.6 Å². The lowest BCUT2D eigenvalue weighted by Crippen LogP contribution is -2.00. The highest BCUT2D eigenvalue weighted by Gasteiger charge is 1.93. The van der Waals surface area contributed by atoms with Crippen molar-refractivity contribution in [3.05, 3.63) is 23.3 Å². The maximum atomic E-state index is 10.8. The number of halogens is 1. The Hall–Kier alpha value is -0.760. The van der Waals surface area contributed by atoms with E-state index in [1.807, 2.05) is 13.8 Å². The highest BCUT2D eigenvalue weighted by Crippen LogP contribution is 1.91. The van der Waals surface area contributed by atoms with Gasteiger partial charge in [-0.05, 0) is 19.9 Å². The van der Waals surface area contributed by atoms with Crippen LogP contribution in [0.1, 0.15) is 13.8 Å². The average molecular weight is 175 g/mol. The molecule has 0 aliphatic heterocycles. The van der Waals surface area contributed by atoms with Crippen molar-refractivity contribution in [1.29, 1.82) is 0 Å². The molecule has 0 aliphatic rings. The molecule has 0 heterocycles. The third-order valence-electron chi connectivity index (χ3n) is 0.817. The number of carbonyl (C=O) groups is 1. The van der Waals surface area contributed by atoms with Crippen molar-refractivity contribution in [3.63, 3.8) is 0 Å². The summed E-state index contributed by atoms with van der Waals surface area (Å²) in [5, 5.41) is 0. The summed E-state index contributed by atoms with van der Waals surface area (Å²) in [5.74, 6) is -0.334. The van der Waals surface area contributed by atoms with Gasteiger partial charge in [0, 0.05) is 11.6 Å². The number of allylic oxidation sites excluding steroid dienone is 1. The smallest absolute Gasteiger partial charge is 0.330 e. The molecule has 0 N–H and O–H groups in total. The lowest BCUT2D eigenvalue weighted by Gasteiger charge is -1.95. The molecule has 3 heteroatoms. The summed E-state index contributed by atoms with van der Waals surface area (Å²) in [6, 6.07) is 0. The normalized spacial score (nSPS) is 9.73. The van der Waals surface area contributed by atoms with Gasteiger partial charge in [0.1, 0.15) is 6.61 Å². The Labute approximate surface area is 71.5 Å². The largest absolute Gasteiger partial charge is 0.458 e. The highest BCUT2D eigenvalue weighted by atomic mass is 35.5. The van der Waals surface area contributed by atoms with Crippen LogP contribution in [0.15, 0.2) is 23.3 Å². The summed E-state index contributed by atoms with van der Waals surface area (Å²) in [6.45, 7) is 3.89. The fraction of sp³-hybridized carbons (Fsp3) is 0.375. The number of hydrogen-bond acceptors (Lipinski definition) is 2. The molecule has 0 rings (SSSR count). The summed E-state index contributed by atoms with van der Waals surface area (Å²) in [6.07, 6.45) is 2.99. The Morgan fingerprint density at radius 2 is 2.18 bits per heavy atom. The van der Waals surface area contributed by atoms with Crippen molar-refractivity contribution in [1.82, 2.24) is 0 Å². The summed E-state index contributed by atoms with van der Waals surface area (Å²) in [7, 11) is 0. The molecule has 0 amide bonds. The van der Waals surface area contributed by atoms with E-state index in [-0.39, 0.29) is 12.6 Å². The van der Waals surface area contributed by atoms with Crippen LogP contribution >= 0.6 is 11.6 Å². The molecule has 62 valence electrons. The number of hydrogen-bond donors (Lipinski definition) is 0. The first-order valence-corrected chi connectivity index (χ1v) is 3.67. The first-order valence-electron chi connectivity index (χ1n) is 3.23. The van der Waals surface area contributed by atoms with Crippen molar-refractivity contribution >= 4 is 17.6 Å². The third-order valence-corrected chi connectivity index (χ3v) is 0.996. The molecule has 0 atom stereocenters. The number of carbonyl (C=O) groups excluding carboxylic acids is 1. The summed E-state index contributed by atoms with van der Waals surface area (Å²) in [4.78, 5) is 10.8. The first-order chi connectivity index (χ1) is 5.16. The third kappa shape index (κ3) is 7.13. The van der Waals surface area contributed by atoms with Gasteiger partial charge in [0.15, 0.2) is 0 Å². The average Bonchev–Trinajstić information content (AvgIpc) is 1.86. The fourth-order valence-electron chi connectivity index (χ4n) is 0.444. The van der Waals surface area contributed by atoms with Gasteiger partial charge in [0.05, 0.1) is 0 Å². The van der Waals surface area contributed by atoms with Crippen LogP contribution in [-0.2, 0) is 9.53 Å². The quantitative estimate of drug-likeness (QED) is 0.485. The topological polar surface area (TPSA) is 26.3 Å². The van der Waals surface area contributed by atoms with Gasteiger partial charge in [-0.15, -0.1) is 0 Å².